The number of aliphatic carboxylic acids is 1. The number of Topliss-reactive ketones (excluding diaryl/α,β-unsaturated/α-hetero) is 2. The number of nitrogens with zero attached hydrogens (tertiary/aromatic N) is 1. The Kier molecular flexibility index (Phi) is 13.0. The highest BCUT2D eigenvalue weighted by molar-refractivity contribution is 7.18. The number of carbonyl (C=O) groups is 4. The number of fused-ring (bicyclic) bond motifs is 4. The number of esters is 1. The molecule has 7 N–H and O–H groups in total. The molecule has 2 unspecified atom stereocenters. The number of carboxylic acids is 1. The number of H-pyrrole nitrogens is 1. The fourth-order valence-electron chi connectivity index (χ4n) is 4.92. The van der Waals surface area contributed by atoms with Crippen LogP contribution in [0.3, 0.4) is 0 Å². The van der Waals surface area contributed by atoms with Gasteiger partial charge in [-0.05, 0) is 70.4 Å². The van der Waals surface area contributed by atoms with E-state index in [-0.39, 0.29) is 34.9 Å². The number of hydrogen-bond acceptors (Lipinski definition) is 11. The van der Waals surface area contributed by atoms with E-state index in [0.29, 0.717) is 35.4 Å². The first-order valence-corrected chi connectivity index (χ1v) is 14.9. The lowest BCUT2D eigenvalue weighted by Gasteiger charge is -2.21. The molecule has 5 rings (SSSR count). The maximum atomic E-state index is 11.8. The van der Waals surface area contributed by atoms with Gasteiger partial charge >= 0.3 is 5.97 Å². The lowest BCUT2D eigenvalue weighted by molar-refractivity contribution is -0.148. The van der Waals surface area contributed by atoms with Gasteiger partial charge in [0.25, 0.3) is 11.5 Å². The highest BCUT2D eigenvalue weighted by atomic mass is 32.1. The van der Waals surface area contributed by atoms with Gasteiger partial charge in [-0.3, -0.25) is 29.4 Å². The minimum Gasteiger partial charge on any atom is -0.481 e. The molecule has 3 aromatic heterocycles. The molecular weight excluding hydrogens is 582 g/mol. The van der Waals surface area contributed by atoms with Gasteiger partial charge in [0.1, 0.15) is 10.6 Å². The van der Waals surface area contributed by atoms with Crippen molar-refractivity contribution in [3.05, 3.63) is 43.1 Å². The van der Waals surface area contributed by atoms with E-state index in [0.717, 1.165) is 59.8 Å². The molecule has 0 radical (unpaired) electrons. The standard InChI is InChI=1S/C13H17NO3S.C12H12N2O2S.C2H4O2.CH4N2/c1-3-17-13(16)8-4-5-10-9(6-8)11(7(2)15)12(14)18-10;1-6(15)7-2-3-9-8(4-7)10-11(16)13-5-14-12(10)17-9;1-2(3)4;2-1-3/h8H,3-6,14H2,1-2H3;5,7H,2-4H2,1H3,(H,13,14,16);1H3,(H,3,4);1H,(H3,2,3). The second-order valence-corrected chi connectivity index (χ2v) is 11.9. The maximum absolute atomic E-state index is 11.8. The highest BCUT2D eigenvalue weighted by Crippen LogP contribution is 2.39. The first kappa shape index (κ1) is 34.3. The monoisotopic (exact) mass is 619 g/mol. The molecule has 0 aromatic carbocycles. The van der Waals surface area contributed by atoms with Crippen molar-refractivity contribution in [1.29, 1.82) is 5.41 Å². The molecule has 0 spiro atoms. The number of carbonyl (C=O) groups excluding carboxylic acids is 3. The molecule has 42 heavy (non-hydrogen) atoms. The van der Waals surface area contributed by atoms with Crippen LogP contribution in [0.25, 0.3) is 10.2 Å². The van der Waals surface area contributed by atoms with Crippen LogP contribution in [0, 0.1) is 17.2 Å². The second-order valence-electron chi connectivity index (χ2n) is 9.64. The number of rotatable bonds is 4. The smallest absolute Gasteiger partial charge is 0.309 e. The lowest BCUT2D eigenvalue weighted by atomic mass is 9.85. The predicted octanol–water partition coefficient (Wildman–Crippen LogP) is 3.52. The number of hydrogen-bond donors (Lipinski definition) is 5. The zero-order valence-electron chi connectivity index (χ0n) is 24.1. The van der Waals surface area contributed by atoms with Gasteiger partial charge in [0.05, 0.1) is 41.1 Å². The molecule has 0 fully saturated rings. The average Bonchev–Trinajstić information content (AvgIpc) is 3.45. The quantitative estimate of drug-likeness (QED) is 0.124. The Labute approximate surface area is 251 Å². The summed E-state index contributed by atoms with van der Waals surface area (Å²) in [6, 6.07) is 0. The van der Waals surface area contributed by atoms with E-state index in [9.17, 15) is 19.2 Å². The van der Waals surface area contributed by atoms with E-state index in [4.69, 9.17) is 25.8 Å². The number of aromatic amines is 1. The van der Waals surface area contributed by atoms with Gasteiger partial charge in [0.15, 0.2) is 5.78 Å². The Bertz CT molecular complexity index is 1500. The van der Waals surface area contributed by atoms with Crippen LogP contribution >= 0.6 is 22.7 Å². The Morgan fingerprint density at radius 2 is 1.64 bits per heavy atom. The number of anilines is 1. The zero-order chi connectivity index (χ0) is 31.6. The number of nitrogens with one attached hydrogen (secondary N) is 2. The van der Waals surface area contributed by atoms with Gasteiger partial charge < -0.3 is 26.3 Å². The first-order chi connectivity index (χ1) is 19.9. The number of carboxylic acid groups (broad SMARTS) is 1. The molecule has 228 valence electrons. The molecule has 0 amide bonds. The van der Waals surface area contributed by atoms with E-state index in [1.807, 2.05) is 0 Å². The molecule has 2 aliphatic rings. The Hall–Kier alpha value is -3.91. The molecule has 14 heteroatoms. The third-order valence-electron chi connectivity index (χ3n) is 6.68. The minimum absolute atomic E-state index is 0.0190. The fourth-order valence-corrected chi connectivity index (χ4v) is 7.26. The third-order valence-corrected chi connectivity index (χ3v) is 9.00. The van der Waals surface area contributed by atoms with Crippen LogP contribution in [0.4, 0.5) is 5.00 Å². The molecule has 0 saturated heterocycles. The lowest BCUT2D eigenvalue weighted by Crippen LogP contribution is -2.24. The number of thiophene rings is 2. The molecule has 2 atom stereocenters. The summed E-state index contributed by atoms with van der Waals surface area (Å²) in [5.74, 6) is -0.864. The zero-order valence-corrected chi connectivity index (χ0v) is 25.7. The Balaban J connectivity index is 0.000000241. The predicted molar refractivity (Wildman–Crippen MR) is 164 cm³/mol. The van der Waals surface area contributed by atoms with E-state index in [1.165, 1.54) is 29.5 Å². The third kappa shape index (κ3) is 8.79. The van der Waals surface area contributed by atoms with Gasteiger partial charge in [0, 0.05) is 22.6 Å². The topological polar surface area (TPSA) is 219 Å². The van der Waals surface area contributed by atoms with Crippen molar-refractivity contribution in [2.24, 2.45) is 17.6 Å². The number of aromatic nitrogens is 2. The largest absolute Gasteiger partial charge is 0.481 e. The molecular formula is C28H37N5O7S2. The minimum atomic E-state index is -0.833. The summed E-state index contributed by atoms with van der Waals surface area (Å²) in [5, 5.41) is 14.6. The van der Waals surface area contributed by atoms with Gasteiger partial charge in [-0.15, -0.1) is 22.7 Å². The summed E-state index contributed by atoms with van der Waals surface area (Å²) in [5.41, 5.74) is 12.8. The number of ether oxygens (including phenoxy) is 1. The van der Waals surface area contributed by atoms with Crippen LogP contribution in [0.15, 0.2) is 11.1 Å². The summed E-state index contributed by atoms with van der Waals surface area (Å²) in [6.07, 6.45) is 6.84. The van der Waals surface area contributed by atoms with Crippen molar-refractivity contribution in [1.82, 2.24) is 9.97 Å². The number of nitrogens with two attached hydrogens (primary N) is 2. The molecule has 0 aliphatic heterocycles. The van der Waals surface area contributed by atoms with Gasteiger partial charge in [-0.1, -0.05) is 0 Å². The van der Waals surface area contributed by atoms with Crippen LogP contribution in [-0.2, 0) is 44.8 Å². The normalized spacial score (nSPS) is 16.5. The van der Waals surface area contributed by atoms with Crippen LogP contribution in [0.2, 0.25) is 0 Å². The van der Waals surface area contributed by atoms with Crippen LogP contribution in [0.1, 0.15) is 71.8 Å². The number of ketones is 2. The number of nitrogen functional groups attached to an aromatic ring is 1. The van der Waals surface area contributed by atoms with Crippen molar-refractivity contribution in [2.75, 3.05) is 12.3 Å². The van der Waals surface area contributed by atoms with Crippen molar-refractivity contribution < 1.29 is 29.0 Å². The Morgan fingerprint density at radius 3 is 2.19 bits per heavy atom. The van der Waals surface area contributed by atoms with Crippen LogP contribution in [-0.4, -0.2) is 51.5 Å². The van der Waals surface area contributed by atoms with E-state index < -0.39 is 5.97 Å². The molecule has 0 bridgehead atoms. The second kappa shape index (κ2) is 15.9. The van der Waals surface area contributed by atoms with Gasteiger partial charge in [-0.2, -0.15) is 0 Å². The highest BCUT2D eigenvalue weighted by Gasteiger charge is 2.31. The maximum Gasteiger partial charge on any atom is 0.309 e. The van der Waals surface area contributed by atoms with Gasteiger partial charge in [-0.25, -0.2) is 4.98 Å². The summed E-state index contributed by atoms with van der Waals surface area (Å²) >= 11 is 3.06. The summed E-state index contributed by atoms with van der Waals surface area (Å²) < 4.78 is 5.05. The van der Waals surface area contributed by atoms with E-state index in [1.54, 1.807) is 25.2 Å². The number of aryl methyl sites for hydroxylation is 2. The van der Waals surface area contributed by atoms with Crippen LogP contribution in [0.5, 0.6) is 0 Å². The van der Waals surface area contributed by atoms with Crippen molar-refractivity contribution >= 4 is 67.7 Å². The fraction of sp³-hybridized carbons (Fsp3) is 0.464. The molecule has 2 aliphatic carbocycles. The van der Waals surface area contributed by atoms with Crippen molar-refractivity contribution in [2.45, 2.75) is 66.2 Å². The van der Waals surface area contributed by atoms with E-state index in [2.05, 4.69) is 15.7 Å². The first-order valence-electron chi connectivity index (χ1n) is 13.3. The molecule has 12 nitrogen and oxygen atoms in total. The SMILES string of the molecule is CC(=O)C1CCc2sc3nc[nH]c(=O)c3c2C1.CC(=O)O.CCOC(=O)C1CCc2sc(N)c(C(C)=O)c2C1.N=CN. The van der Waals surface area contributed by atoms with Crippen molar-refractivity contribution in [3.8, 4) is 0 Å². The molecule has 0 saturated carbocycles. The molecule has 3 aromatic rings. The summed E-state index contributed by atoms with van der Waals surface area (Å²) in [6.45, 7) is 6.43. The Morgan fingerprint density at radius 1 is 1.10 bits per heavy atom. The van der Waals surface area contributed by atoms with Gasteiger partial charge in [0.2, 0.25) is 0 Å². The summed E-state index contributed by atoms with van der Waals surface area (Å²) in [7, 11) is 0. The summed E-state index contributed by atoms with van der Waals surface area (Å²) in [4.78, 5) is 65.6. The average molecular weight is 620 g/mol. The van der Waals surface area contributed by atoms with E-state index >= 15 is 0 Å². The van der Waals surface area contributed by atoms with Crippen molar-refractivity contribution in [3.63, 3.8) is 0 Å². The molecule has 3 heterocycles. The van der Waals surface area contributed by atoms with Crippen LogP contribution < -0.4 is 17.0 Å².